The summed E-state index contributed by atoms with van der Waals surface area (Å²) in [5, 5.41) is 0. The zero-order chi connectivity index (χ0) is 14.6. The Morgan fingerprint density at radius 1 is 1.11 bits per heavy atom. The Labute approximate surface area is 114 Å². The van der Waals surface area contributed by atoms with Crippen LogP contribution in [0, 0.1) is 0 Å². The van der Waals surface area contributed by atoms with Crippen LogP contribution in [-0.4, -0.2) is 39.8 Å². The van der Waals surface area contributed by atoms with Crippen LogP contribution >= 0.6 is 0 Å². The lowest BCUT2D eigenvalue weighted by Gasteiger charge is -2.18. The maximum atomic E-state index is 11.9. The van der Waals surface area contributed by atoms with E-state index in [1.807, 2.05) is 6.92 Å². The number of hydrogen-bond donors (Lipinski definition) is 0. The highest BCUT2D eigenvalue weighted by atomic mass is 32.2. The molecule has 0 aliphatic heterocycles. The van der Waals surface area contributed by atoms with Gasteiger partial charge in [-0.1, -0.05) is 6.92 Å². The van der Waals surface area contributed by atoms with Crippen LogP contribution in [0.5, 0.6) is 0 Å². The molecule has 0 saturated carbocycles. The third kappa shape index (κ3) is 3.54. The van der Waals surface area contributed by atoms with Crippen molar-refractivity contribution in [3.05, 3.63) is 24.3 Å². The molecule has 0 fully saturated rings. The Kier molecular flexibility index (Phi) is 5.08. The van der Waals surface area contributed by atoms with Crippen molar-refractivity contribution >= 4 is 21.6 Å². The average molecular weight is 284 g/mol. The molecule has 6 heteroatoms. The van der Waals surface area contributed by atoms with Gasteiger partial charge in [0.05, 0.1) is 4.90 Å². The summed E-state index contributed by atoms with van der Waals surface area (Å²) >= 11 is 0. The third-order valence-corrected chi connectivity index (χ3v) is 4.67. The first-order chi connectivity index (χ1) is 8.80. The van der Waals surface area contributed by atoms with Gasteiger partial charge in [0, 0.05) is 33.3 Å². The van der Waals surface area contributed by atoms with Crippen LogP contribution in [-0.2, 0) is 14.8 Å². The molecule has 1 rings (SSSR count). The van der Waals surface area contributed by atoms with Crippen molar-refractivity contribution in [1.29, 1.82) is 0 Å². The zero-order valence-electron chi connectivity index (χ0n) is 11.8. The SMILES string of the molecule is CCCC(=O)N(C)c1ccc(S(=O)(=O)N(C)C)cc1. The summed E-state index contributed by atoms with van der Waals surface area (Å²) in [7, 11) is 1.24. The van der Waals surface area contributed by atoms with Gasteiger partial charge in [-0.3, -0.25) is 4.79 Å². The fraction of sp³-hybridized carbons (Fsp3) is 0.462. The molecule has 0 bridgehead atoms. The van der Waals surface area contributed by atoms with Gasteiger partial charge in [0.2, 0.25) is 15.9 Å². The standard InChI is InChI=1S/C13H20N2O3S/c1-5-6-13(16)15(4)11-7-9-12(10-8-11)19(17,18)14(2)3/h7-10H,5-6H2,1-4H3. The number of anilines is 1. The second kappa shape index (κ2) is 6.16. The Morgan fingerprint density at radius 3 is 2.05 bits per heavy atom. The molecule has 0 atom stereocenters. The summed E-state index contributed by atoms with van der Waals surface area (Å²) in [4.78, 5) is 13.5. The second-order valence-electron chi connectivity index (χ2n) is 4.48. The van der Waals surface area contributed by atoms with Gasteiger partial charge in [-0.15, -0.1) is 0 Å². The van der Waals surface area contributed by atoms with Gasteiger partial charge in [-0.2, -0.15) is 0 Å². The van der Waals surface area contributed by atoms with E-state index in [1.54, 1.807) is 19.2 Å². The van der Waals surface area contributed by atoms with Crippen LogP contribution in [0.4, 0.5) is 5.69 Å². The van der Waals surface area contributed by atoms with E-state index in [1.165, 1.54) is 31.1 Å². The molecular weight excluding hydrogens is 264 g/mol. The van der Waals surface area contributed by atoms with E-state index >= 15 is 0 Å². The molecule has 106 valence electrons. The average Bonchev–Trinajstić information content (AvgIpc) is 2.38. The Hall–Kier alpha value is -1.40. The van der Waals surface area contributed by atoms with Crippen LogP contribution < -0.4 is 4.90 Å². The van der Waals surface area contributed by atoms with Crippen LogP contribution in [0.2, 0.25) is 0 Å². The minimum absolute atomic E-state index is 0.0192. The monoisotopic (exact) mass is 284 g/mol. The summed E-state index contributed by atoms with van der Waals surface area (Å²) < 4.78 is 25.0. The summed E-state index contributed by atoms with van der Waals surface area (Å²) in [5.41, 5.74) is 0.691. The number of rotatable bonds is 5. The van der Waals surface area contributed by atoms with E-state index in [0.29, 0.717) is 12.1 Å². The molecule has 0 aliphatic carbocycles. The number of carbonyl (C=O) groups is 1. The summed E-state index contributed by atoms with van der Waals surface area (Å²) in [6.45, 7) is 1.94. The topological polar surface area (TPSA) is 57.7 Å². The molecule has 0 aromatic heterocycles. The Bertz CT molecular complexity index is 536. The predicted octanol–water partition coefficient (Wildman–Crippen LogP) is 1.70. The summed E-state index contributed by atoms with van der Waals surface area (Å²) in [6, 6.07) is 6.31. The smallest absolute Gasteiger partial charge is 0.242 e. The van der Waals surface area contributed by atoms with E-state index in [4.69, 9.17) is 0 Å². The predicted molar refractivity (Wildman–Crippen MR) is 75.6 cm³/mol. The number of hydrogen-bond acceptors (Lipinski definition) is 3. The van der Waals surface area contributed by atoms with E-state index in [0.717, 1.165) is 10.7 Å². The molecule has 0 spiro atoms. The van der Waals surface area contributed by atoms with Crippen molar-refractivity contribution in [2.45, 2.75) is 24.7 Å². The van der Waals surface area contributed by atoms with Gasteiger partial charge in [0.25, 0.3) is 0 Å². The van der Waals surface area contributed by atoms with E-state index < -0.39 is 10.0 Å². The van der Waals surface area contributed by atoms with Crippen molar-refractivity contribution in [1.82, 2.24) is 4.31 Å². The summed E-state index contributed by atoms with van der Waals surface area (Å²) in [5.74, 6) is 0.0192. The number of nitrogens with zero attached hydrogens (tertiary/aromatic N) is 2. The van der Waals surface area contributed by atoms with Crippen LogP contribution in [0.25, 0.3) is 0 Å². The van der Waals surface area contributed by atoms with Crippen LogP contribution in [0.1, 0.15) is 19.8 Å². The molecule has 0 radical (unpaired) electrons. The van der Waals surface area contributed by atoms with Crippen molar-refractivity contribution < 1.29 is 13.2 Å². The van der Waals surface area contributed by atoms with E-state index in [9.17, 15) is 13.2 Å². The van der Waals surface area contributed by atoms with Crippen LogP contribution in [0.3, 0.4) is 0 Å². The maximum Gasteiger partial charge on any atom is 0.242 e. The van der Waals surface area contributed by atoms with E-state index in [-0.39, 0.29) is 10.8 Å². The maximum absolute atomic E-state index is 11.9. The fourth-order valence-corrected chi connectivity index (χ4v) is 2.48. The minimum atomic E-state index is -3.42. The normalized spacial score (nSPS) is 11.6. The molecule has 19 heavy (non-hydrogen) atoms. The van der Waals surface area contributed by atoms with Gasteiger partial charge in [-0.05, 0) is 30.7 Å². The first kappa shape index (κ1) is 15.7. The molecule has 0 N–H and O–H groups in total. The van der Waals surface area contributed by atoms with Crippen molar-refractivity contribution in [2.75, 3.05) is 26.0 Å². The first-order valence-corrected chi connectivity index (χ1v) is 7.54. The first-order valence-electron chi connectivity index (χ1n) is 6.10. The molecule has 1 amide bonds. The van der Waals surface area contributed by atoms with E-state index in [2.05, 4.69) is 0 Å². The van der Waals surface area contributed by atoms with Crippen molar-refractivity contribution in [3.8, 4) is 0 Å². The van der Waals surface area contributed by atoms with Gasteiger partial charge < -0.3 is 4.90 Å². The highest BCUT2D eigenvalue weighted by Gasteiger charge is 2.17. The molecule has 0 unspecified atom stereocenters. The van der Waals surface area contributed by atoms with Crippen LogP contribution in [0.15, 0.2) is 29.2 Å². The van der Waals surface area contributed by atoms with Gasteiger partial charge in [-0.25, -0.2) is 12.7 Å². The lowest BCUT2D eigenvalue weighted by atomic mass is 10.2. The summed E-state index contributed by atoms with van der Waals surface area (Å²) in [6.07, 6.45) is 1.27. The van der Waals surface area contributed by atoms with Crippen molar-refractivity contribution in [2.24, 2.45) is 0 Å². The Morgan fingerprint density at radius 2 is 1.63 bits per heavy atom. The number of amides is 1. The molecule has 5 nitrogen and oxygen atoms in total. The quantitative estimate of drug-likeness (QED) is 0.827. The molecule has 0 heterocycles. The van der Waals surface area contributed by atoms with Gasteiger partial charge in [0.15, 0.2) is 0 Å². The highest BCUT2D eigenvalue weighted by molar-refractivity contribution is 7.89. The highest BCUT2D eigenvalue weighted by Crippen LogP contribution is 2.19. The fourth-order valence-electron chi connectivity index (χ4n) is 1.58. The molecule has 0 saturated heterocycles. The zero-order valence-corrected chi connectivity index (χ0v) is 12.6. The molecule has 0 aliphatic rings. The molecule has 1 aromatic carbocycles. The largest absolute Gasteiger partial charge is 0.316 e. The van der Waals surface area contributed by atoms with Crippen molar-refractivity contribution in [3.63, 3.8) is 0 Å². The third-order valence-electron chi connectivity index (χ3n) is 2.84. The van der Waals surface area contributed by atoms with Gasteiger partial charge >= 0.3 is 0 Å². The number of sulfonamides is 1. The van der Waals surface area contributed by atoms with Gasteiger partial charge in [0.1, 0.15) is 0 Å². The lowest BCUT2D eigenvalue weighted by Crippen LogP contribution is -2.26. The lowest BCUT2D eigenvalue weighted by molar-refractivity contribution is -0.118. The Balaban J connectivity index is 2.97. The number of benzene rings is 1. The minimum Gasteiger partial charge on any atom is -0.316 e. The molecular formula is C13H20N2O3S. The number of carbonyl (C=O) groups excluding carboxylic acids is 1. The second-order valence-corrected chi connectivity index (χ2v) is 6.64. The molecule has 1 aromatic rings.